The Bertz CT molecular complexity index is 999. The van der Waals surface area contributed by atoms with Crippen molar-refractivity contribution < 1.29 is 19.1 Å². The Morgan fingerprint density at radius 2 is 1.83 bits per heavy atom. The first kappa shape index (κ1) is 20.1. The first-order valence-electron chi connectivity index (χ1n) is 10.3. The van der Waals surface area contributed by atoms with Gasteiger partial charge in [0.25, 0.3) is 5.91 Å². The van der Waals surface area contributed by atoms with Gasteiger partial charge in [-0.25, -0.2) is 4.79 Å². The van der Waals surface area contributed by atoms with Gasteiger partial charge in [0.15, 0.2) is 5.78 Å². The summed E-state index contributed by atoms with van der Waals surface area (Å²) in [6, 6.07) is 12.8. The maximum atomic E-state index is 13.0. The third-order valence-electron chi connectivity index (χ3n) is 6.14. The molecule has 3 amide bonds. The summed E-state index contributed by atoms with van der Waals surface area (Å²) in [5, 5.41) is 2.78. The zero-order valence-corrected chi connectivity index (χ0v) is 17.4. The van der Waals surface area contributed by atoms with Crippen molar-refractivity contribution in [1.82, 2.24) is 10.2 Å². The molecule has 30 heavy (non-hydrogen) atoms. The van der Waals surface area contributed by atoms with E-state index in [1.807, 2.05) is 36.4 Å². The predicted octanol–water partition coefficient (Wildman–Crippen LogP) is 3.31. The number of carbonyl (C=O) groups is 3. The Morgan fingerprint density at radius 3 is 2.57 bits per heavy atom. The molecule has 0 saturated carbocycles. The number of ketones is 1. The quantitative estimate of drug-likeness (QED) is 0.565. The topological polar surface area (TPSA) is 75.7 Å². The Morgan fingerprint density at radius 1 is 1.10 bits per heavy atom. The minimum absolute atomic E-state index is 0.215. The minimum Gasteiger partial charge on any atom is -0.497 e. The van der Waals surface area contributed by atoms with E-state index in [1.165, 1.54) is 11.1 Å². The number of aryl methyl sites for hydroxylation is 3. The van der Waals surface area contributed by atoms with Crippen LogP contribution in [-0.2, 0) is 24.1 Å². The van der Waals surface area contributed by atoms with Gasteiger partial charge in [0.1, 0.15) is 11.3 Å². The van der Waals surface area contributed by atoms with Crippen molar-refractivity contribution in [1.29, 1.82) is 0 Å². The monoisotopic (exact) mass is 406 g/mol. The fraction of sp³-hybridized carbons (Fsp3) is 0.375. The predicted molar refractivity (Wildman–Crippen MR) is 113 cm³/mol. The summed E-state index contributed by atoms with van der Waals surface area (Å²) in [5.74, 6) is 0.203. The van der Waals surface area contributed by atoms with Crippen LogP contribution < -0.4 is 10.1 Å². The molecule has 0 aromatic heterocycles. The summed E-state index contributed by atoms with van der Waals surface area (Å²) in [4.78, 5) is 39.3. The molecule has 6 nitrogen and oxygen atoms in total. The van der Waals surface area contributed by atoms with Gasteiger partial charge in [-0.15, -0.1) is 0 Å². The molecule has 0 bridgehead atoms. The highest BCUT2D eigenvalue weighted by atomic mass is 16.5. The third-order valence-corrected chi connectivity index (χ3v) is 6.14. The molecule has 1 saturated heterocycles. The number of carbonyl (C=O) groups excluding carboxylic acids is 3. The number of hydrogen-bond acceptors (Lipinski definition) is 4. The zero-order valence-electron chi connectivity index (χ0n) is 17.4. The third kappa shape index (κ3) is 3.82. The van der Waals surface area contributed by atoms with Gasteiger partial charge in [-0.1, -0.05) is 24.3 Å². The number of Topliss-reactive ketones (excluding diaryl/α,β-unsaturated/α-hetero) is 1. The second-order valence-corrected chi connectivity index (χ2v) is 8.26. The average Bonchev–Trinajstić information content (AvgIpc) is 3.30. The summed E-state index contributed by atoms with van der Waals surface area (Å²) < 4.78 is 5.16. The molecule has 0 spiro atoms. The van der Waals surface area contributed by atoms with Gasteiger partial charge in [0.2, 0.25) is 0 Å². The number of imide groups is 1. The largest absolute Gasteiger partial charge is 0.497 e. The number of nitrogens with zero attached hydrogens (tertiary/aromatic N) is 1. The zero-order chi connectivity index (χ0) is 21.3. The van der Waals surface area contributed by atoms with E-state index in [9.17, 15) is 14.4 Å². The van der Waals surface area contributed by atoms with E-state index in [1.54, 1.807) is 20.1 Å². The number of nitrogens with one attached hydrogen (secondary N) is 1. The standard InChI is InChI=1S/C24H26N2O4/c1-24(13-12-16-6-10-20(30-2)11-7-16)22(28)26(23(29)25-24)15-21(27)19-9-8-17-4-3-5-18(17)14-19/h6-11,14H,3-5,12-13,15H2,1-2H3,(H,25,29)/t24-/m0/s1. The van der Waals surface area contributed by atoms with Crippen molar-refractivity contribution in [3.05, 3.63) is 64.7 Å². The van der Waals surface area contributed by atoms with Crippen LogP contribution in [0.15, 0.2) is 42.5 Å². The highest BCUT2D eigenvalue weighted by Crippen LogP contribution is 2.26. The van der Waals surface area contributed by atoms with Crippen LogP contribution in [0.4, 0.5) is 4.79 Å². The summed E-state index contributed by atoms with van der Waals surface area (Å²) in [7, 11) is 1.61. The molecule has 1 aliphatic carbocycles. The van der Waals surface area contributed by atoms with Crippen molar-refractivity contribution >= 4 is 17.7 Å². The number of hydrogen-bond donors (Lipinski definition) is 1. The number of rotatable bonds is 7. The van der Waals surface area contributed by atoms with Gasteiger partial charge in [-0.3, -0.25) is 14.5 Å². The molecular formula is C24H26N2O4. The van der Waals surface area contributed by atoms with E-state index in [0.29, 0.717) is 18.4 Å². The van der Waals surface area contributed by atoms with Crippen molar-refractivity contribution in [3.63, 3.8) is 0 Å². The Labute approximate surface area is 176 Å². The summed E-state index contributed by atoms with van der Waals surface area (Å²) in [6.07, 6.45) is 4.20. The van der Waals surface area contributed by atoms with Crippen LogP contribution in [0.2, 0.25) is 0 Å². The average molecular weight is 406 g/mol. The molecular weight excluding hydrogens is 380 g/mol. The summed E-state index contributed by atoms with van der Waals surface area (Å²) >= 11 is 0. The van der Waals surface area contributed by atoms with Crippen LogP contribution in [-0.4, -0.2) is 41.8 Å². The second-order valence-electron chi connectivity index (χ2n) is 8.26. The SMILES string of the molecule is COc1ccc(CC[C@]2(C)NC(=O)N(CC(=O)c3ccc4c(c3)CCC4)C2=O)cc1. The molecule has 1 fully saturated rings. The van der Waals surface area contributed by atoms with Crippen molar-refractivity contribution in [3.8, 4) is 5.75 Å². The van der Waals surface area contributed by atoms with Crippen LogP contribution in [0.25, 0.3) is 0 Å². The molecule has 2 aromatic carbocycles. The lowest BCUT2D eigenvalue weighted by atomic mass is 9.93. The van der Waals surface area contributed by atoms with Gasteiger partial charge in [-0.2, -0.15) is 0 Å². The number of fused-ring (bicyclic) bond motifs is 1. The first-order chi connectivity index (χ1) is 14.4. The van der Waals surface area contributed by atoms with E-state index >= 15 is 0 Å². The lowest BCUT2D eigenvalue weighted by Gasteiger charge is -2.21. The molecule has 0 radical (unpaired) electrons. The van der Waals surface area contributed by atoms with Gasteiger partial charge >= 0.3 is 6.03 Å². The number of amides is 3. The van der Waals surface area contributed by atoms with Crippen molar-refractivity contribution in [2.75, 3.05) is 13.7 Å². The van der Waals surface area contributed by atoms with E-state index in [2.05, 4.69) is 5.32 Å². The molecule has 1 atom stereocenters. The first-order valence-corrected chi connectivity index (χ1v) is 10.3. The Kier molecular flexibility index (Phi) is 5.33. The minimum atomic E-state index is -1.02. The van der Waals surface area contributed by atoms with Crippen LogP contribution in [0.1, 0.15) is 46.8 Å². The van der Waals surface area contributed by atoms with Crippen LogP contribution in [0.3, 0.4) is 0 Å². The smallest absolute Gasteiger partial charge is 0.325 e. The maximum Gasteiger partial charge on any atom is 0.325 e. The van der Waals surface area contributed by atoms with Crippen LogP contribution in [0.5, 0.6) is 5.75 Å². The van der Waals surface area contributed by atoms with E-state index < -0.39 is 11.6 Å². The van der Waals surface area contributed by atoms with Gasteiger partial charge in [0, 0.05) is 5.56 Å². The van der Waals surface area contributed by atoms with Crippen molar-refractivity contribution in [2.24, 2.45) is 0 Å². The summed E-state index contributed by atoms with van der Waals surface area (Å²) in [5.41, 5.74) is 3.07. The normalized spacial score (nSPS) is 20.3. The Hall–Kier alpha value is -3.15. The number of methoxy groups -OCH3 is 1. The lowest BCUT2D eigenvalue weighted by Crippen LogP contribution is -2.44. The molecule has 1 aliphatic heterocycles. The summed E-state index contributed by atoms with van der Waals surface area (Å²) in [6.45, 7) is 1.48. The van der Waals surface area contributed by atoms with Crippen LogP contribution in [0, 0.1) is 0 Å². The highest BCUT2D eigenvalue weighted by Gasteiger charge is 2.47. The fourth-order valence-electron chi connectivity index (χ4n) is 4.23. The van der Waals surface area contributed by atoms with E-state index in [-0.39, 0.29) is 18.2 Å². The maximum absolute atomic E-state index is 13.0. The molecule has 156 valence electrons. The lowest BCUT2D eigenvalue weighted by molar-refractivity contribution is -0.130. The van der Waals surface area contributed by atoms with E-state index in [4.69, 9.17) is 4.74 Å². The van der Waals surface area contributed by atoms with Gasteiger partial charge < -0.3 is 10.1 Å². The molecule has 2 aromatic rings. The molecule has 6 heteroatoms. The molecule has 1 N–H and O–H groups in total. The second kappa shape index (κ2) is 7.94. The Balaban J connectivity index is 1.41. The number of urea groups is 1. The van der Waals surface area contributed by atoms with E-state index in [0.717, 1.165) is 35.5 Å². The molecule has 1 heterocycles. The molecule has 2 aliphatic rings. The number of benzene rings is 2. The van der Waals surface area contributed by atoms with Gasteiger partial charge in [0.05, 0.1) is 13.7 Å². The van der Waals surface area contributed by atoms with Crippen LogP contribution >= 0.6 is 0 Å². The number of ether oxygens (including phenoxy) is 1. The molecule has 4 rings (SSSR count). The van der Waals surface area contributed by atoms with Crippen molar-refractivity contribution in [2.45, 2.75) is 44.6 Å². The highest BCUT2D eigenvalue weighted by molar-refractivity contribution is 6.11. The molecule has 0 unspecified atom stereocenters. The fourth-order valence-corrected chi connectivity index (χ4v) is 4.23. The van der Waals surface area contributed by atoms with Gasteiger partial charge in [-0.05, 0) is 73.9 Å².